The van der Waals surface area contributed by atoms with E-state index in [0.29, 0.717) is 39.1 Å². The van der Waals surface area contributed by atoms with Gasteiger partial charge in [-0.2, -0.15) is 9.12 Å². The molecule has 3 aromatic rings. The Morgan fingerprint density at radius 1 is 1.08 bits per heavy atom. The number of halogens is 1. The van der Waals surface area contributed by atoms with Crippen LogP contribution in [0.2, 0.25) is 0 Å². The van der Waals surface area contributed by atoms with Crippen LogP contribution in [0.3, 0.4) is 0 Å². The fourth-order valence-electron chi connectivity index (χ4n) is 5.37. The van der Waals surface area contributed by atoms with Crippen LogP contribution in [-0.2, 0) is 4.79 Å². The molecule has 11 heteroatoms. The molecule has 0 saturated heterocycles. The van der Waals surface area contributed by atoms with Crippen molar-refractivity contribution in [2.45, 2.75) is 64.3 Å². The Labute approximate surface area is 218 Å². The molecule has 2 N–H and O–H groups in total. The highest BCUT2D eigenvalue weighted by Gasteiger charge is 2.49. The van der Waals surface area contributed by atoms with Crippen LogP contribution in [0.5, 0.6) is 0 Å². The molecule has 0 spiro atoms. The molecule has 1 atom stereocenters. The van der Waals surface area contributed by atoms with Gasteiger partial charge in [-0.25, -0.2) is 9.61 Å². The smallest absolute Gasteiger partial charge is 0.276 e. The molecule has 2 amide bonds. The van der Waals surface area contributed by atoms with Gasteiger partial charge in [0.15, 0.2) is 17.6 Å². The monoisotopic (exact) mass is 520 g/mol. The molecule has 0 aliphatic heterocycles. The number of carbonyl (C=O) groups is 2. The van der Waals surface area contributed by atoms with Crippen molar-refractivity contribution >= 4 is 17.6 Å². The Bertz CT molecular complexity index is 1400. The van der Waals surface area contributed by atoms with Crippen molar-refractivity contribution in [3.05, 3.63) is 58.2 Å². The minimum atomic E-state index is -0.825. The molecule has 38 heavy (non-hydrogen) atoms. The first-order valence-corrected chi connectivity index (χ1v) is 13.1. The fraction of sp³-hybridized carbons (Fsp3) is 0.481. The molecule has 3 fully saturated rings. The maximum atomic E-state index is 15.1. The van der Waals surface area contributed by atoms with Gasteiger partial charge in [0, 0.05) is 24.0 Å². The number of nitrogens with one attached hydrogen (secondary N) is 2. The molecule has 6 rings (SSSR count). The summed E-state index contributed by atoms with van der Waals surface area (Å²) in [5, 5.41) is 25.4. The Hall–Kier alpha value is -3.89. The molecule has 3 aliphatic carbocycles. The Morgan fingerprint density at radius 2 is 1.79 bits per heavy atom. The molecule has 3 aromatic heterocycles. The number of amides is 2. The van der Waals surface area contributed by atoms with Crippen LogP contribution in [0, 0.1) is 42.8 Å². The van der Waals surface area contributed by atoms with Gasteiger partial charge in [0.05, 0.1) is 5.56 Å². The van der Waals surface area contributed by atoms with Crippen LogP contribution in [0.15, 0.2) is 29.0 Å². The van der Waals surface area contributed by atoms with Crippen LogP contribution in [0.4, 0.5) is 10.2 Å². The number of carbonyl (C=O) groups excluding carboxylic acids is 2. The molecular weight excluding hydrogens is 491 g/mol. The molecular formula is C27H29FN6O4. The SMILES string of the molecule is Cc1cc(-c2ccc(NC(=O)[C@@H](NC(=O)c3nonc3C3CC3)C(C3CC3)C3CC3)nc2F)c(C)[n+]([O-])c1. The zero-order valence-electron chi connectivity index (χ0n) is 21.2. The minimum Gasteiger partial charge on any atom is -0.618 e. The second-order valence-electron chi connectivity index (χ2n) is 10.8. The van der Waals surface area contributed by atoms with Gasteiger partial charge in [0.25, 0.3) is 5.91 Å². The van der Waals surface area contributed by atoms with Crippen molar-refractivity contribution < 1.29 is 23.3 Å². The summed E-state index contributed by atoms with van der Waals surface area (Å²) in [6.07, 6.45) is 7.32. The summed E-state index contributed by atoms with van der Waals surface area (Å²) in [6.45, 7) is 3.36. The van der Waals surface area contributed by atoms with E-state index in [1.807, 2.05) is 0 Å². The van der Waals surface area contributed by atoms with E-state index in [1.165, 1.54) is 18.3 Å². The van der Waals surface area contributed by atoms with Gasteiger partial charge >= 0.3 is 0 Å². The Morgan fingerprint density at radius 3 is 2.42 bits per heavy atom. The molecule has 0 unspecified atom stereocenters. The lowest BCUT2D eigenvalue weighted by atomic mass is 9.88. The largest absolute Gasteiger partial charge is 0.618 e. The standard InChI is InChI=1S/C27H29FN6O4/c1-13-11-19(14(2)34(37)12-13)18-9-10-20(29-25(18)28)30-26(35)23(21(15-3-4-15)16-5-6-16)31-27(36)24-22(17-7-8-17)32-38-33-24/h9-12,15-17,21,23H,3-8H2,1-2H3,(H,31,36)(H,29,30,35)/t23-/m0/s1. The molecule has 3 heterocycles. The first-order valence-electron chi connectivity index (χ1n) is 13.1. The summed E-state index contributed by atoms with van der Waals surface area (Å²) in [5.74, 6) is -0.862. The molecule has 10 nitrogen and oxygen atoms in total. The van der Waals surface area contributed by atoms with Crippen LogP contribution >= 0.6 is 0 Å². The normalized spacial score (nSPS) is 17.9. The molecule has 3 saturated carbocycles. The van der Waals surface area contributed by atoms with Gasteiger partial charge in [0.1, 0.15) is 17.6 Å². The second kappa shape index (κ2) is 9.45. The number of aryl methyl sites for hydroxylation is 1. The first kappa shape index (κ1) is 24.4. The highest BCUT2D eigenvalue weighted by Crippen LogP contribution is 2.51. The van der Waals surface area contributed by atoms with E-state index in [4.69, 9.17) is 4.63 Å². The van der Waals surface area contributed by atoms with E-state index >= 15 is 4.39 Å². The number of pyridine rings is 2. The fourth-order valence-corrected chi connectivity index (χ4v) is 5.37. The van der Waals surface area contributed by atoms with Crippen LogP contribution in [0.25, 0.3) is 11.1 Å². The highest BCUT2D eigenvalue weighted by atomic mass is 19.1. The van der Waals surface area contributed by atoms with Crippen LogP contribution in [-0.4, -0.2) is 33.2 Å². The average Bonchev–Trinajstić information content (AvgIpc) is 3.74. The predicted octanol–water partition coefficient (Wildman–Crippen LogP) is 3.57. The van der Waals surface area contributed by atoms with E-state index in [0.717, 1.165) is 38.5 Å². The lowest BCUT2D eigenvalue weighted by Crippen LogP contribution is -2.50. The van der Waals surface area contributed by atoms with E-state index in [-0.39, 0.29) is 28.9 Å². The third-order valence-electron chi connectivity index (χ3n) is 7.78. The zero-order chi connectivity index (χ0) is 26.6. The maximum Gasteiger partial charge on any atom is 0.276 e. The predicted molar refractivity (Wildman–Crippen MR) is 133 cm³/mol. The number of aromatic nitrogens is 4. The van der Waals surface area contributed by atoms with Crippen LogP contribution in [0.1, 0.15) is 71.9 Å². The van der Waals surface area contributed by atoms with E-state index < -0.39 is 23.8 Å². The highest BCUT2D eigenvalue weighted by molar-refractivity contribution is 6.00. The quantitative estimate of drug-likeness (QED) is 0.250. The summed E-state index contributed by atoms with van der Waals surface area (Å²) < 4.78 is 20.7. The molecule has 0 bridgehead atoms. The van der Waals surface area contributed by atoms with Crippen LogP contribution < -0.4 is 15.4 Å². The number of hydrogen-bond donors (Lipinski definition) is 2. The summed E-state index contributed by atoms with van der Waals surface area (Å²) in [5.41, 5.74) is 2.28. The van der Waals surface area contributed by atoms with Gasteiger partial charge in [0.2, 0.25) is 11.9 Å². The lowest BCUT2D eigenvalue weighted by Gasteiger charge is -2.27. The van der Waals surface area contributed by atoms with Crippen molar-refractivity contribution in [3.8, 4) is 11.1 Å². The number of anilines is 1. The second-order valence-corrected chi connectivity index (χ2v) is 10.8. The molecule has 198 valence electrons. The lowest BCUT2D eigenvalue weighted by molar-refractivity contribution is -0.612. The van der Waals surface area contributed by atoms with E-state index in [9.17, 15) is 14.8 Å². The number of rotatable bonds is 9. The van der Waals surface area contributed by atoms with Crippen molar-refractivity contribution in [1.82, 2.24) is 20.6 Å². The van der Waals surface area contributed by atoms with E-state index in [2.05, 4.69) is 25.9 Å². The van der Waals surface area contributed by atoms with Gasteiger partial charge in [-0.1, -0.05) is 5.16 Å². The van der Waals surface area contributed by atoms with E-state index in [1.54, 1.807) is 19.9 Å². The van der Waals surface area contributed by atoms with Crippen molar-refractivity contribution in [2.24, 2.45) is 17.8 Å². The van der Waals surface area contributed by atoms with Gasteiger partial charge in [-0.05, 0) is 86.6 Å². The Balaban J connectivity index is 1.25. The van der Waals surface area contributed by atoms with Crippen molar-refractivity contribution in [3.63, 3.8) is 0 Å². The zero-order valence-corrected chi connectivity index (χ0v) is 21.2. The molecule has 0 radical (unpaired) electrons. The topological polar surface area (TPSA) is 137 Å². The summed E-state index contributed by atoms with van der Waals surface area (Å²) in [7, 11) is 0. The summed E-state index contributed by atoms with van der Waals surface area (Å²) in [4.78, 5) is 30.7. The Kier molecular flexibility index (Phi) is 6.08. The van der Waals surface area contributed by atoms with Gasteiger partial charge < -0.3 is 15.8 Å². The van der Waals surface area contributed by atoms with Crippen molar-refractivity contribution in [2.75, 3.05) is 5.32 Å². The number of nitrogens with zero attached hydrogens (tertiary/aromatic N) is 4. The molecule has 3 aliphatic rings. The number of hydrogen-bond acceptors (Lipinski definition) is 7. The van der Waals surface area contributed by atoms with Crippen molar-refractivity contribution in [1.29, 1.82) is 0 Å². The molecule has 0 aromatic carbocycles. The van der Waals surface area contributed by atoms with Gasteiger partial charge in [-0.3, -0.25) is 9.59 Å². The summed E-state index contributed by atoms with van der Waals surface area (Å²) in [6, 6.07) is 3.89. The maximum absolute atomic E-state index is 15.1. The average molecular weight is 521 g/mol. The minimum absolute atomic E-state index is 0.0188. The van der Waals surface area contributed by atoms with Gasteiger partial charge in [-0.15, -0.1) is 0 Å². The third kappa shape index (κ3) is 4.84. The third-order valence-corrected chi connectivity index (χ3v) is 7.78. The summed E-state index contributed by atoms with van der Waals surface area (Å²) >= 11 is 0. The first-order chi connectivity index (χ1) is 18.3.